The summed E-state index contributed by atoms with van der Waals surface area (Å²) in [6.45, 7) is 2.16. The molecule has 0 bridgehead atoms. The van der Waals surface area contributed by atoms with Crippen molar-refractivity contribution in [3.63, 3.8) is 0 Å². The van der Waals surface area contributed by atoms with Crippen molar-refractivity contribution in [3.05, 3.63) is 94.3 Å². The smallest absolute Gasteiger partial charge is 0.449 e. The highest BCUT2D eigenvalue weighted by molar-refractivity contribution is 5.87. The van der Waals surface area contributed by atoms with Crippen LogP contribution in [0.25, 0.3) is 33.4 Å². The molecular weight excluding hydrogens is 434 g/mol. The van der Waals surface area contributed by atoms with Crippen molar-refractivity contribution in [1.29, 1.82) is 0 Å². The molecule has 2 heterocycles. The van der Waals surface area contributed by atoms with E-state index in [0.717, 1.165) is 22.3 Å². The highest BCUT2D eigenvalue weighted by atomic mass is 16.7. The Balaban J connectivity index is 1.54. The van der Waals surface area contributed by atoms with Gasteiger partial charge >= 0.3 is 6.16 Å². The number of carbonyl (C=O) groups is 1. The molecule has 0 radical (unpaired) electrons. The third kappa shape index (κ3) is 3.90. The van der Waals surface area contributed by atoms with Gasteiger partial charge in [-0.25, -0.2) is 4.79 Å². The standard InChI is InChI=1S/C25H19N5O4/c1-15-13-30(22-20(23(15)31)7-4-8-21(22)34-25(32)33)14-16-9-11-17(12-10-16)18-5-2-3-6-19(18)24-26-28-29-27-24/h2-13H,14H2,1H3,(H,32,33)(H,26,27,28,29). The van der Waals surface area contributed by atoms with E-state index in [2.05, 4.69) is 20.6 Å². The molecule has 0 saturated carbocycles. The number of aromatic nitrogens is 5. The van der Waals surface area contributed by atoms with E-state index < -0.39 is 6.16 Å². The lowest BCUT2D eigenvalue weighted by Crippen LogP contribution is -2.15. The topological polar surface area (TPSA) is 123 Å². The highest BCUT2D eigenvalue weighted by Gasteiger charge is 2.15. The number of benzene rings is 3. The van der Waals surface area contributed by atoms with E-state index in [1.54, 1.807) is 31.3 Å². The van der Waals surface area contributed by atoms with E-state index in [1.807, 2.05) is 53.1 Å². The molecule has 9 heteroatoms. The van der Waals surface area contributed by atoms with Crippen LogP contribution in [0.1, 0.15) is 11.1 Å². The molecule has 0 atom stereocenters. The van der Waals surface area contributed by atoms with E-state index in [4.69, 9.17) is 9.84 Å². The fourth-order valence-corrected chi connectivity index (χ4v) is 4.06. The summed E-state index contributed by atoms with van der Waals surface area (Å²) in [5, 5.41) is 23.9. The number of nitrogens with one attached hydrogen (secondary N) is 1. The molecule has 0 spiro atoms. The average Bonchev–Trinajstić information content (AvgIpc) is 3.37. The van der Waals surface area contributed by atoms with Crippen molar-refractivity contribution in [2.45, 2.75) is 13.5 Å². The number of tetrazole rings is 1. The van der Waals surface area contributed by atoms with Crippen LogP contribution < -0.4 is 10.2 Å². The number of H-pyrrole nitrogens is 1. The van der Waals surface area contributed by atoms with Crippen LogP contribution in [-0.4, -0.2) is 36.5 Å². The Morgan fingerprint density at radius 2 is 1.79 bits per heavy atom. The molecule has 34 heavy (non-hydrogen) atoms. The SMILES string of the molecule is Cc1cn(Cc2ccc(-c3ccccc3-c3nn[nH]n3)cc2)c2c(OC(=O)O)cccc2c1=O. The molecule has 0 saturated heterocycles. The van der Waals surface area contributed by atoms with Gasteiger partial charge in [-0.15, -0.1) is 10.2 Å². The maximum Gasteiger partial charge on any atom is 0.511 e. The van der Waals surface area contributed by atoms with E-state index in [-0.39, 0.29) is 11.2 Å². The summed E-state index contributed by atoms with van der Waals surface area (Å²) in [5.74, 6) is 0.633. The van der Waals surface area contributed by atoms with Crippen molar-refractivity contribution in [3.8, 4) is 28.3 Å². The van der Waals surface area contributed by atoms with Crippen LogP contribution in [0, 0.1) is 6.92 Å². The summed E-state index contributed by atoms with van der Waals surface area (Å²) >= 11 is 0. The van der Waals surface area contributed by atoms with Crippen molar-refractivity contribution >= 4 is 17.1 Å². The monoisotopic (exact) mass is 453 g/mol. The minimum Gasteiger partial charge on any atom is -0.449 e. The van der Waals surface area contributed by atoms with Crippen LogP contribution in [0.5, 0.6) is 5.75 Å². The van der Waals surface area contributed by atoms with Gasteiger partial charge in [0.1, 0.15) is 0 Å². The molecule has 0 unspecified atom stereocenters. The van der Waals surface area contributed by atoms with Crippen LogP contribution in [-0.2, 0) is 6.54 Å². The van der Waals surface area contributed by atoms with Gasteiger partial charge in [0.15, 0.2) is 11.2 Å². The Kier molecular flexibility index (Phi) is 5.35. The lowest BCUT2D eigenvalue weighted by atomic mass is 9.98. The van der Waals surface area contributed by atoms with Gasteiger partial charge < -0.3 is 14.4 Å². The molecule has 9 nitrogen and oxygen atoms in total. The van der Waals surface area contributed by atoms with Crippen molar-refractivity contribution < 1.29 is 14.6 Å². The first-order valence-electron chi connectivity index (χ1n) is 10.5. The number of fused-ring (bicyclic) bond motifs is 1. The van der Waals surface area contributed by atoms with E-state index in [1.165, 1.54) is 0 Å². The van der Waals surface area contributed by atoms with Crippen LogP contribution >= 0.6 is 0 Å². The van der Waals surface area contributed by atoms with Gasteiger partial charge in [0.05, 0.1) is 5.52 Å². The fraction of sp³-hybridized carbons (Fsp3) is 0.0800. The first-order chi connectivity index (χ1) is 16.5. The molecular formula is C25H19N5O4. The Hall–Kier alpha value is -4.79. The molecule has 0 aliphatic heterocycles. The van der Waals surface area contributed by atoms with E-state index in [9.17, 15) is 9.59 Å². The molecule has 0 aliphatic rings. The zero-order valence-electron chi connectivity index (χ0n) is 18.1. The maximum absolute atomic E-state index is 12.7. The van der Waals surface area contributed by atoms with Gasteiger partial charge in [0, 0.05) is 29.3 Å². The van der Waals surface area contributed by atoms with Crippen molar-refractivity contribution in [1.82, 2.24) is 25.2 Å². The summed E-state index contributed by atoms with van der Waals surface area (Å²) in [7, 11) is 0. The molecule has 2 N–H and O–H groups in total. The number of aryl methyl sites for hydroxylation is 1. The second-order valence-electron chi connectivity index (χ2n) is 7.77. The molecule has 0 amide bonds. The number of hydrogen-bond acceptors (Lipinski definition) is 6. The van der Waals surface area contributed by atoms with Crippen LogP contribution in [0.4, 0.5) is 4.79 Å². The number of pyridine rings is 1. The summed E-state index contributed by atoms with van der Waals surface area (Å²) < 4.78 is 6.80. The van der Waals surface area contributed by atoms with Gasteiger partial charge in [-0.05, 0) is 41.0 Å². The second kappa shape index (κ2) is 8.62. The number of nitrogens with zero attached hydrogens (tertiary/aromatic N) is 4. The Bertz CT molecular complexity index is 1560. The van der Waals surface area contributed by atoms with E-state index >= 15 is 0 Å². The number of ether oxygens (including phenoxy) is 1. The number of hydrogen-bond donors (Lipinski definition) is 2. The zero-order valence-corrected chi connectivity index (χ0v) is 18.1. The number of aromatic amines is 1. The zero-order chi connectivity index (χ0) is 23.7. The van der Waals surface area contributed by atoms with Crippen LogP contribution in [0.3, 0.4) is 0 Å². The maximum atomic E-state index is 12.7. The molecule has 3 aromatic carbocycles. The van der Waals surface area contributed by atoms with Crippen LogP contribution in [0.15, 0.2) is 77.7 Å². The Labute approximate surface area is 193 Å². The van der Waals surface area contributed by atoms with Crippen LogP contribution in [0.2, 0.25) is 0 Å². The Morgan fingerprint density at radius 1 is 1.03 bits per heavy atom. The lowest BCUT2D eigenvalue weighted by molar-refractivity contribution is 0.145. The summed E-state index contributed by atoms with van der Waals surface area (Å²) in [5.41, 5.74) is 4.63. The molecule has 168 valence electrons. The molecule has 5 aromatic rings. The third-order valence-electron chi connectivity index (χ3n) is 5.57. The largest absolute Gasteiger partial charge is 0.511 e. The number of rotatable bonds is 5. The number of para-hydroxylation sites is 1. The van der Waals surface area contributed by atoms with Crippen molar-refractivity contribution in [2.75, 3.05) is 0 Å². The summed E-state index contributed by atoms with van der Waals surface area (Å²) in [6, 6.07) is 20.6. The van der Waals surface area contributed by atoms with Gasteiger partial charge in [-0.3, -0.25) is 4.79 Å². The Morgan fingerprint density at radius 3 is 2.50 bits per heavy atom. The predicted octanol–water partition coefficient (Wildman–Crippen LogP) is 4.26. The summed E-state index contributed by atoms with van der Waals surface area (Å²) in [4.78, 5) is 23.9. The van der Waals surface area contributed by atoms with Gasteiger partial charge in [-0.2, -0.15) is 5.21 Å². The molecule has 2 aromatic heterocycles. The minimum absolute atomic E-state index is 0.118. The lowest BCUT2D eigenvalue weighted by Gasteiger charge is -2.15. The normalized spacial score (nSPS) is 11.0. The predicted molar refractivity (Wildman–Crippen MR) is 126 cm³/mol. The molecule has 0 aliphatic carbocycles. The third-order valence-corrected chi connectivity index (χ3v) is 5.57. The van der Waals surface area contributed by atoms with Gasteiger partial charge in [0.2, 0.25) is 5.82 Å². The first kappa shape index (κ1) is 21.1. The van der Waals surface area contributed by atoms with E-state index in [0.29, 0.717) is 28.8 Å². The van der Waals surface area contributed by atoms with Gasteiger partial charge in [0.25, 0.3) is 0 Å². The molecule has 0 fully saturated rings. The summed E-state index contributed by atoms with van der Waals surface area (Å²) in [6.07, 6.45) is 0.287. The van der Waals surface area contributed by atoms with Gasteiger partial charge in [-0.1, -0.05) is 54.6 Å². The highest BCUT2D eigenvalue weighted by Crippen LogP contribution is 2.30. The fourth-order valence-electron chi connectivity index (χ4n) is 4.06. The molecule has 5 rings (SSSR count). The minimum atomic E-state index is -1.43. The quantitative estimate of drug-likeness (QED) is 0.301. The number of carboxylic acid groups (broad SMARTS) is 1. The second-order valence-corrected chi connectivity index (χ2v) is 7.77. The first-order valence-corrected chi connectivity index (χ1v) is 10.5. The van der Waals surface area contributed by atoms with Crippen molar-refractivity contribution in [2.24, 2.45) is 0 Å². The average molecular weight is 453 g/mol.